The van der Waals surface area contributed by atoms with Gasteiger partial charge in [0.2, 0.25) is 0 Å². The van der Waals surface area contributed by atoms with Crippen molar-refractivity contribution in [2.24, 2.45) is 0 Å². The molecule has 0 fully saturated rings. The highest BCUT2D eigenvalue weighted by Gasteiger charge is 2.02. The van der Waals surface area contributed by atoms with Crippen LogP contribution in [0.1, 0.15) is 12.8 Å². The molecule has 10 heavy (non-hydrogen) atoms. The minimum Gasteiger partial charge on any atom is -0.384 e. The fourth-order valence-electron chi connectivity index (χ4n) is 1.16. The van der Waals surface area contributed by atoms with Crippen LogP contribution in [0.2, 0.25) is 0 Å². The van der Waals surface area contributed by atoms with E-state index in [2.05, 4.69) is 12.2 Å². The molecule has 0 saturated heterocycles. The second-order valence-corrected chi connectivity index (χ2v) is 3.86. The Hall–Kier alpha value is -0.343. The average Bonchev–Trinajstić information content (AvgIpc) is 2.31. The van der Waals surface area contributed by atoms with E-state index >= 15 is 0 Å². The summed E-state index contributed by atoms with van der Waals surface area (Å²) in [4.78, 5) is 0. The molecule has 0 aromatic heterocycles. The number of hydrogen-bond acceptors (Lipinski definition) is 1. The molecule has 1 rings (SSSR count). The van der Waals surface area contributed by atoms with E-state index in [0.29, 0.717) is 0 Å². The van der Waals surface area contributed by atoms with Gasteiger partial charge in [-0.2, -0.15) is 0 Å². The molecule has 0 saturated carbocycles. The van der Waals surface area contributed by atoms with Crippen molar-refractivity contribution in [1.29, 1.82) is 0 Å². The first-order valence-electron chi connectivity index (χ1n) is 3.68. The number of hydrogen-bond donors (Lipinski definition) is 0. The maximum absolute atomic E-state index is 5.00. The molecule has 1 aliphatic rings. The van der Waals surface area contributed by atoms with Crippen LogP contribution in [0.15, 0.2) is 22.9 Å². The molecule has 0 aromatic rings. The van der Waals surface area contributed by atoms with Crippen molar-refractivity contribution in [1.82, 2.24) is 0 Å². The highest BCUT2D eigenvalue weighted by Crippen LogP contribution is 2.18. The van der Waals surface area contributed by atoms with Gasteiger partial charge in [-0.15, -0.1) is 0 Å². The third-order valence-electron chi connectivity index (χ3n) is 1.87. The van der Waals surface area contributed by atoms with Gasteiger partial charge in [-0.05, 0) is 12.8 Å². The number of ether oxygens (including phenoxy) is 1. The van der Waals surface area contributed by atoms with Gasteiger partial charge in [0.15, 0.2) is 0 Å². The second-order valence-electron chi connectivity index (χ2n) is 2.65. The maximum atomic E-state index is 5.00. The first kappa shape index (κ1) is 7.76. The van der Waals surface area contributed by atoms with Crippen molar-refractivity contribution in [2.45, 2.75) is 12.8 Å². The Labute approximate surface area is 65.2 Å². The Balaban J connectivity index is 2.38. The fourth-order valence-corrected chi connectivity index (χ4v) is 1.81. The van der Waals surface area contributed by atoms with Gasteiger partial charge < -0.3 is 4.74 Å². The van der Waals surface area contributed by atoms with Gasteiger partial charge in [0.05, 0.1) is 6.61 Å². The summed E-state index contributed by atoms with van der Waals surface area (Å²) in [5, 5.41) is 1.64. The number of rotatable bonds is 3. The maximum Gasteiger partial charge on any atom is 0.0502 e. The van der Waals surface area contributed by atoms with E-state index in [1.807, 2.05) is 0 Å². The topological polar surface area (TPSA) is 9.23 Å². The normalized spacial score (nSPS) is 17.3. The summed E-state index contributed by atoms with van der Waals surface area (Å²) < 4.78 is 5.00. The van der Waals surface area contributed by atoms with Crippen molar-refractivity contribution >= 4 is 10.2 Å². The van der Waals surface area contributed by atoms with Crippen LogP contribution in [0.5, 0.6) is 0 Å². The fraction of sp³-hybridized carbons (Fsp3) is 0.500. The SMILES string of the molecule is COCCC1=C([SiH3])CC=C1. The Morgan fingerprint density at radius 1 is 1.70 bits per heavy atom. The molecule has 56 valence electrons. The second kappa shape index (κ2) is 3.74. The summed E-state index contributed by atoms with van der Waals surface area (Å²) >= 11 is 0. The van der Waals surface area contributed by atoms with Crippen molar-refractivity contribution in [3.8, 4) is 0 Å². The molecule has 0 spiro atoms. The molecule has 0 amide bonds. The minimum absolute atomic E-state index is 0.866. The lowest BCUT2D eigenvalue weighted by Gasteiger charge is -2.00. The molecule has 0 unspecified atom stereocenters. The van der Waals surface area contributed by atoms with Crippen LogP contribution < -0.4 is 0 Å². The summed E-state index contributed by atoms with van der Waals surface area (Å²) in [7, 11) is 2.97. The van der Waals surface area contributed by atoms with E-state index in [0.717, 1.165) is 13.0 Å². The Morgan fingerprint density at radius 3 is 3.00 bits per heavy atom. The quantitative estimate of drug-likeness (QED) is 0.541. The van der Waals surface area contributed by atoms with Gasteiger partial charge in [0.25, 0.3) is 0 Å². The Kier molecular flexibility index (Phi) is 2.90. The predicted octanol–water partition coefficient (Wildman–Crippen LogP) is 0.602. The Bertz CT molecular complexity index is 170. The third kappa shape index (κ3) is 1.82. The average molecular weight is 154 g/mol. The van der Waals surface area contributed by atoms with Gasteiger partial charge in [-0.1, -0.05) is 22.9 Å². The highest BCUT2D eigenvalue weighted by molar-refractivity contribution is 6.22. The zero-order valence-electron chi connectivity index (χ0n) is 6.68. The summed E-state index contributed by atoms with van der Waals surface area (Å²) in [6.45, 7) is 0.866. The summed E-state index contributed by atoms with van der Waals surface area (Å²) in [6.07, 6.45) is 6.78. The van der Waals surface area contributed by atoms with E-state index in [-0.39, 0.29) is 0 Å². The third-order valence-corrected chi connectivity index (χ3v) is 2.92. The van der Waals surface area contributed by atoms with Gasteiger partial charge >= 0.3 is 0 Å². The first-order chi connectivity index (χ1) is 4.84. The molecular weight excluding hydrogens is 140 g/mol. The van der Waals surface area contributed by atoms with Crippen LogP contribution in [-0.2, 0) is 4.74 Å². The zero-order chi connectivity index (χ0) is 7.40. The van der Waals surface area contributed by atoms with Crippen LogP contribution in [0.3, 0.4) is 0 Å². The lowest BCUT2D eigenvalue weighted by molar-refractivity contribution is 0.203. The van der Waals surface area contributed by atoms with Crippen LogP contribution in [0, 0.1) is 0 Å². The monoisotopic (exact) mass is 154 g/mol. The molecule has 2 heteroatoms. The zero-order valence-corrected chi connectivity index (χ0v) is 8.68. The molecule has 0 N–H and O–H groups in total. The van der Waals surface area contributed by atoms with Crippen LogP contribution in [0.25, 0.3) is 0 Å². The minimum atomic E-state index is 0.866. The summed E-state index contributed by atoms with van der Waals surface area (Å²) in [5.74, 6) is 0. The van der Waals surface area contributed by atoms with Crippen molar-refractivity contribution < 1.29 is 4.74 Å². The molecule has 0 radical (unpaired) electrons. The van der Waals surface area contributed by atoms with Crippen LogP contribution in [0.4, 0.5) is 0 Å². The smallest absolute Gasteiger partial charge is 0.0502 e. The molecule has 0 atom stereocenters. The van der Waals surface area contributed by atoms with Crippen LogP contribution in [-0.4, -0.2) is 24.0 Å². The molecule has 0 aliphatic heterocycles. The highest BCUT2D eigenvalue weighted by atomic mass is 28.1. The largest absolute Gasteiger partial charge is 0.384 e. The van der Waals surface area contributed by atoms with E-state index in [9.17, 15) is 0 Å². The molecule has 1 aliphatic carbocycles. The van der Waals surface area contributed by atoms with Gasteiger partial charge in [-0.3, -0.25) is 0 Å². The molecule has 1 nitrogen and oxygen atoms in total. The van der Waals surface area contributed by atoms with Crippen molar-refractivity contribution in [3.63, 3.8) is 0 Å². The molecule has 0 heterocycles. The van der Waals surface area contributed by atoms with Gasteiger partial charge in [-0.25, -0.2) is 0 Å². The summed E-state index contributed by atoms with van der Waals surface area (Å²) in [5.41, 5.74) is 1.52. The van der Waals surface area contributed by atoms with Crippen LogP contribution >= 0.6 is 0 Å². The van der Waals surface area contributed by atoms with Crippen molar-refractivity contribution in [3.05, 3.63) is 22.9 Å². The Morgan fingerprint density at radius 2 is 2.50 bits per heavy atom. The number of methoxy groups -OCH3 is 1. The standard InChI is InChI=1S/C8H14OSi/c1-9-6-5-7-3-2-4-8(7)10/h2-3H,4-6H2,1,10H3. The first-order valence-corrected chi connectivity index (χ1v) is 4.68. The lowest BCUT2D eigenvalue weighted by Crippen LogP contribution is -1.91. The molecular formula is C8H14OSi. The summed E-state index contributed by atoms with van der Waals surface area (Å²) in [6, 6.07) is 0. The van der Waals surface area contributed by atoms with E-state index < -0.39 is 0 Å². The van der Waals surface area contributed by atoms with E-state index in [1.165, 1.54) is 22.2 Å². The molecule has 0 aromatic carbocycles. The molecule has 0 bridgehead atoms. The lowest BCUT2D eigenvalue weighted by atomic mass is 10.2. The van der Waals surface area contributed by atoms with Gasteiger partial charge in [0.1, 0.15) is 0 Å². The number of allylic oxidation sites excluding steroid dienone is 3. The van der Waals surface area contributed by atoms with Crippen molar-refractivity contribution in [2.75, 3.05) is 13.7 Å². The predicted molar refractivity (Wildman–Crippen MR) is 47.2 cm³/mol. The van der Waals surface area contributed by atoms with E-state index in [4.69, 9.17) is 4.74 Å². The van der Waals surface area contributed by atoms with E-state index in [1.54, 1.807) is 12.3 Å². The van der Waals surface area contributed by atoms with Gasteiger partial charge in [0, 0.05) is 17.4 Å².